The van der Waals surface area contributed by atoms with E-state index in [0.717, 1.165) is 25.2 Å². The van der Waals surface area contributed by atoms with Crippen LogP contribution in [0.4, 0.5) is 13.2 Å². The third-order valence-electron chi connectivity index (χ3n) is 3.96. The number of nitrogens with zero attached hydrogens (tertiary/aromatic N) is 1. The van der Waals surface area contributed by atoms with Crippen molar-refractivity contribution in [2.24, 2.45) is 0 Å². The molecular weight excluding hydrogens is 265 g/mol. The summed E-state index contributed by atoms with van der Waals surface area (Å²) in [6.45, 7) is 1.98. The molecule has 112 valence electrons. The predicted octanol–water partition coefficient (Wildman–Crippen LogP) is 3.07. The first kappa shape index (κ1) is 15.3. The molecule has 0 bridgehead atoms. The Morgan fingerprint density at radius 3 is 2.35 bits per heavy atom. The lowest BCUT2D eigenvalue weighted by Gasteiger charge is -2.24. The molecule has 0 aliphatic heterocycles. The molecule has 5 heteroatoms. The minimum Gasteiger partial charge on any atom is -0.311 e. The zero-order valence-electron chi connectivity index (χ0n) is 11.8. The zero-order chi connectivity index (χ0) is 14.5. The van der Waals surface area contributed by atoms with Crippen LogP contribution in [0.3, 0.4) is 0 Å². The Bertz CT molecular complexity index is 422. The number of rotatable bonds is 6. The van der Waals surface area contributed by atoms with E-state index in [0.29, 0.717) is 18.2 Å². The van der Waals surface area contributed by atoms with E-state index in [2.05, 4.69) is 17.3 Å². The maximum Gasteiger partial charge on any atom is 0.194 e. The second-order valence-corrected chi connectivity index (χ2v) is 5.47. The summed E-state index contributed by atoms with van der Waals surface area (Å²) < 4.78 is 38.9. The van der Waals surface area contributed by atoms with Crippen LogP contribution in [0.2, 0.25) is 0 Å². The minimum atomic E-state index is -1.41. The van der Waals surface area contributed by atoms with Crippen molar-refractivity contribution in [3.05, 3.63) is 35.1 Å². The van der Waals surface area contributed by atoms with Crippen molar-refractivity contribution in [2.45, 2.75) is 38.3 Å². The van der Waals surface area contributed by atoms with Crippen molar-refractivity contribution in [2.75, 3.05) is 20.1 Å². The van der Waals surface area contributed by atoms with Crippen LogP contribution in [0.15, 0.2) is 12.1 Å². The summed E-state index contributed by atoms with van der Waals surface area (Å²) in [5.74, 6) is -3.68. The Kier molecular flexibility index (Phi) is 5.43. The molecule has 2 nitrogen and oxygen atoms in total. The molecule has 1 N–H and O–H groups in total. The molecule has 0 atom stereocenters. The van der Waals surface area contributed by atoms with Crippen molar-refractivity contribution < 1.29 is 13.2 Å². The Balaban J connectivity index is 1.73. The lowest BCUT2D eigenvalue weighted by Crippen LogP contribution is -2.35. The first-order valence-electron chi connectivity index (χ1n) is 7.12. The smallest absolute Gasteiger partial charge is 0.194 e. The lowest BCUT2D eigenvalue weighted by atomic mass is 10.2. The van der Waals surface area contributed by atoms with Crippen LogP contribution in [0.1, 0.15) is 31.2 Å². The maximum atomic E-state index is 13.0. The number of hydrogen-bond acceptors (Lipinski definition) is 2. The van der Waals surface area contributed by atoms with Gasteiger partial charge in [-0.15, -0.1) is 0 Å². The first-order valence-corrected chi connectivity index (χ1v) is 7.12. The number of nitrogens with one attached hydrogen (secondary N) is 1. The van der Waals surface area contributed by atoms with Gasteiger partial charge in [-0.3, -0.25) is 0 Å². The fourth-order valence-electron chi connectivity index (χ4n) is 2.73. The van der Waals surface area contributed by atoms with Crippen LogP contribution in [-0.2, 0) is 6.54 Å². The molecule has 0 heterocycles. The molecule has 1 aliphatic rings. The van der Waals surface area contributed by atoms with Crippen LogP contribution >= 0.6 is 0 Å². The highest BCUT2D eigenvalue weighted by molar-refractivity contribution is 5.19. The fourth-order valence-corrected chi connectivity index (χ4v) is 2.73. The number of benzene rings is 1. The SMILES string of the molecule is CN(CCNCc1cc(F)c(F)c(F)c1)C1CCCC1. The van der Waals surface area contributed by atoms with E-state index in [1.54, 1.807) is 0 Å². The van der Waals surface area contributed by atoms with Crippen LogP contribution < -0.4 is 5.32 Å². The van der Waals surface area contributed by atoms with Gasteiger partial charge in [-0.2, -0.15) is 0 Å². The van der Waals surface area contributed by atoms with Crippen LogP contribution in [-0.4, -0.2) is 31.1 Å². The van der Waals surface area contributed by atoms with Crippen molar-refractivity contribution >= 4 is 0 Å². The Hall–Kier alpha value is -1.07. The maximum absolute atomic E-state index is 13.0. The first-order chi connectivity index (χ1) is 9.58. The van der Waals surface area contributed by atoms with Gasteiger partial charge in [0.15, 0.2) is 17.5 Å². The molecule has 0 spiro atoms. The summed E-state index contributed by atoms with van der Waals surface area (Å²) in [6, 6.07) is 2.73. The van der Waals surface area contributed by atoms with Gasteiger partial charge in [0.05, 0.1) is 0 Å². The summed E-state index contributed by atoms with van der Waals surface area (Å²) in [6.07, 6.45) is 5.11. The number of hydrogen-bond donors (Lipinski definition) is 1. The van der Waals surface area contributed by atoms with Crippen molar-refractivity contribution in [3.63, 3.8) is 0 Å². The summed E-state index contributed by atoms with van der Waals surface area (Å²) >= 11 is 0. The van der Waals surface area contributed by atoms with Gasteiger partial charge in [-0.05, 0) is 37.6 Å². The highest BCUT2D eigenvalue weighted by atomic mass is 19.2. The molecule has 1 aromatic rings. The second-order valence-electron chi connectivity index (χ2n) is 5.47. The highest BCUT2D eigenvalue weighted by Crippen LogP contribution is 2.21. The van der Waals surface area contributed by atoms with Crippen LogP contribution in [0, 0.1) is 17.5 Å². The minimum absolute atomic E-state index is 0.340. The van der Waals surface area contributed by atoms with Crippen molar-refractivity contribution in [3.8, 4) is 0 Å². The zero-order valence-corrected chi connectivity index (χ0v) is 11.8. The molecule has 0 radical (unpaired) electrons. The predicted molar refractivity (Wildman–Crippen MR) is 72.9 cm³/mol. The molecular formula is C15H21F3N2. The molecule has 20 heavy (non-hydrogen) atoms. The summed E-state index contributed by atoms with van der Waals surface area (Å²) in [4.78, 5) is 2.33. The van der Waals surface area contributed by atoms with Gasteiger partial charge in [0.1, 0.15) is 0 Å². The summed E-state index contributed by atoms with van der Waals surface area (Å²) in [5, 5.41) is 3.13. The second kappa shape index (κ2) is 7.09. The van der Waals surface area contributed by atoms with Gasteiger partial charge in [-0.1, -0.05) is 12.8 Å². The Morgan fingerprint density at radius 1 is 1.15 bits per heavy atom. The molecule has 0 aromatic heterocycles. The number of halogens is 3. The molecule has 1 saturated carbocycles. The van der Waals surface area contributed by atoms with E-state index in [1.807, 2.05) is 0 Å². The van der Waals surface area contributed by atoms with Crippen molar-refractivity contribution in [1.82, 2.24) is 10.2 Å². The van der Waals surface area contributed by atoms with Crippen molar-refractivity contribution in [1.29, 1.82) is 0 Å². The van der Waals surface area contributed by atoms with Crippen LogP contribution in [0.25, 0.3) is 0 Å². The Morgan fingerprint density at radius 2 is 1.75 bits per heavy atom. The lowest BCUT2D eigenvalue weighted by molar-refractivity contribution is 0.245. The van der Waals surface area contributed by atoms with Gasteiger partial charge >= 0.3 is 0 Å². The third kappa shape index (κ3) is 3.96. The van der Waals surface area contributed by atoms with E-state index < -0.39 is 17.5 Å². The van der Waals surface area contributed by atoms with E-state index in [1.165, 1.54) is 25.7 Å². The molecule has 0 saturated heterocycles. The molecule has 1 aromatic carbocycles. The van der Waals surface area contributed by atoms with Gasteiger partial charge in [0.25, 0.3) is 0 Å². The highest BCUT2D eigenvalue weighted by Gasteiger charge is 2.18. The van der Waals surface area contributed by atoms with E-state index in [-0.39, 0.29) is 0 Å². The molecule has 1 aliphatic carbocycles. The van der Waals surface area contributed by atoms with Gasteiger partial charge < -0.3 is 10.2 Å². The quantitative estimate of drug-likeness (QED) is 0.638. The average Bonchev–Trinajstić information content (AvgIpc) is 2.94. The molecule has 0 unspecified atom stereocenters. The Labute approximate surface area is 118 Å². The summed E-state index contributed by atoms with van der Waals surface area (Å²) in [5.41, 5.74) is 0.421. The fraction of sp³-hybridized carbons (Fsp3) is 0.600. The normalized spacial score (nSPS) is 16.2. The summed E-state index contributed by atoms with van der Waals surface area (Å²) in [7, 11) is 2.11. The van der Waals surface area contributed by atoms with Gasteiger partial charge in [0.2, 0.25) is 0 Å². The molecule has 0 amide bonds. The van der Waals surface area contributed by atoms with Gasteiger partial charge in [-0.25, -0.2) is 13.2 Å². The molecule has 1 fully saturated rings. The largest absolute Gasteiger partial charge is 0.311 e. The van der Waals surface area contributed by atoms with Crippen LogP contribution in [0.5, 0.6) is 0 Å². The van der Waals surface area contributed by atoms with E-state index in [4.69, 9.17) is 0 Å². The molecule has 2 rings (SSSR count). The number of likely N-dealkylation sites (N-methyl/N-ethyl adjacent to an activating group) is 1. The third-order valence-corrected chi connectivity index (χ3v) is 3.96. The topological polar surface area (TPSA) is 15.3 Å². The standard InChI is InChI=1S/C15H21F3N2/c1-20(12-4-2-3-5-12)7-6-19-10-11-8-13(16)15(18)14(17)9-11/h8-9,12,19H,2-7,10H2,1H3. The monoisotopic (exact) mass is 286 g/mol. The van der Waals surface area contributed by atoms with Gasteiger partial charge in [0, 0.05) is 25.7 Å². The van der Waals surface area contributed by atoms with E-state index in [9.17, 15) is 13.2 Å². The van der Waals surface area contributed by atoms with E-state index >= 15 is 0 Å². The average molecular weight is 286 g/mol.